The molecule has 0 bridgehead atoms. The zero-order chi connectivity index (χ0) is 20.8. The molecule has 1 unspecified atom stereocenters. The number of nitrogens with zero attached hydrogens (tertiary/aromatic N) is 5. The van der Waals surface area contributed by atoms with Crippen LogP contribution in [0.15, 0.2) is 30.5 Å². The molecule has 11 heteroatoms. The third-order valence-electron chi connectivity index (χ3n) is 5.25. The average Bonchev–Trinajstić information content (AvgIpc) is 3.17. The van der Waals surface area contributed by atoms with Crippen molar-refractivity contribution in [2.45, 2.75) is 25.2 Å². The Morgan fingerprint density at radius 1 is 1.21 bits per heavy atom. The van der Waals surface area contributed by atoms with Gasteiger partial charge in [0.2, 0.25) is 0 Å². The molecule has 0 aliphatic carbocycles. The second-order valence-corrected chi connectivity index (χ2v) is 7.63. The first-order valence-electron chi connectivity index (χ1n) is 9.18. The summed E-state index contributed by atoms with van der Waals surface area (Å²) in [5.41, 5.74) is -0.411. The molecule has 4 rings (SSSR count). The Bertz CT molecular complexity index is 881. The van der Waals surface area contributed by atoms with Crippen LogP contribution in [0.4, 0.5) is 24.7 Å². The monoisotopic (exact) mass is 411 g/mol. The maximum absolute atomic E-state index is 12.7. The number of rotatable bonds is 4. The quantitative estimate of drug-likeness (QED) is 0.569. The van der Waals surface area contributed by atoms with Gasteiger partial charge in [0.05, 0.1) is 12.1 Å². The molecule has 0 amide bonds. The summed E-state index contributed by atoms with van der Waals surface area (Å²) in [5, 5.41) is 10.8. The highest BCUT2D eigenvalue weighted by Gasteiger charge is 2.41. The molecular weight excluding hydrogens is 391 g/mol. The van der Waals surface area contributed by atoms with Crippen LogP contribution in [-0.2, 0) is 12.7 Å². The number of nitro groups is 1. The minimum Gasteiger partial charge on any atom is -0.436 e. The highest BCUT2D eigenvalue weighted by molar-refractivity contribution is 5.48. The van der Waals surface area contributed by atoms with Crippen LogP contribution in [-0.4, -0.2) is 57.7 Å². The smallest absolute Gasteiger partial charge is 0.416 e. The first-order chi connectivity index (χ1) is 13.6. The van der Waals surface area contributed by atoms with Gasteiger partial charge in [0.15, 0.2) is 0 Å². The molecule has 1 aromatic carbocycles. The number of imidazole rings is 1. The summed E-state index contributed by atoms with van der Waals surface area (Å²) in [6.07, 6.45) is -2.95. The number of hydrogen-bond acceptors (Lipinski definition) is 6. The Morgan fingerprint density at radius 2 is 1.86 bits per heavy atom. The van der Waals surface area contributed by atoms with Crippen molar-refractivity contribution in [3.05, 3.63) is 46.1 Å². The average molecular weight is 411 g/mol. The van der Waals surface area contributed by atoms with E-state index in [0.717, 1.165) is 30.9 Å². The highest BCUT2D eigenvalue weighted by Crippen LogP contribution is 2.33. The molecular formula is C18H20F3N5O3. The summed E-state index contributed by atoms with van der Waals surface area (Å²) in [5.74, 6) is -0.229. The number of anilines is 1. The fraction of sp³-hybridized carbons (Fsp3) is 0.500. The van der Waals surface area contributed by atoms with Crippen LogP contribution in [0.25, 0.3) is 0 Å². The molecule has 2 aliphatic heterocycles. The summed E-state index contributed by atoms with van der Waals surface area (Å²) < 4.78 is 45.6. The number of aromatic nitrogens is 2. The first kappa shape index (κ1) is 19.5. The second-order valence-electron chi connectivity index (χ2n) is 7.63. The lowest BCUT2D eigenvalue weighted by Gasteiger charge is -2.39. The molecule has 0 saturated carbocycles. The predicted molar refractivity (Wildman–Crippen MR) is 98.0 cm³/mol. The predicted octanol–water partition coefficient (Wildman–Crippen LogP) is 2.78. The third-order valence-corrected chi connectivity index (χ3v) is 5.25. The first-order valence-corrected chi connectivity index (χ1v) is 9.18. The number of hydrogen-bond donors (Lipinski definition) is 0. The van der Waals surface area contributed by atoms with E-state index in [2.05, 4.69) is 14.8 Å². The van der Waals surface area contributed by atoms with Gasteiger partial charge in [0.25, 0.3) is 0 Å². The molecule has 0 N–H and O–H groups in total. The fourth-order valence-corrected chi connectivity index (χ4v) is 3.86. The molecule has 0 spiro atoms. The maximum Gasteiger partial charge on any atom is 0.416 e. The highest BCUT2D eigenvalue weighted by atomic mass is 19.4. The van der Waals surface area contributed by atoms with Crippen LogP contribution in [0.2, 0.25) is 0 Å². The largest absolute Gasteiger partial charge is 0.436 e. The van der Waals surface area contributed by atoms with Gasteiger partial charge < -0.3 is 19.8 Å². The van der Waals surface area contributed by atoms with E-state index in [0.29, 0.717) is 26.2 Å². The van der Waals surface area contributed by atoms with Crippen LogP contribution in [0.3, 0.4) is 0 Å². The molecule has 1 fully saturated rings. The normalized spacial score (nSPS) is 22.4. The van der Waals surface area contributed by atoms with E-state index in [1.807, 2.05) is 6.92 Å². The zero-order valence-electron chi connectivity index (χ0n) is 15.7. The van der Waals surface area contributed by atoms with Gasteiger partial charge in [-0.2, -0.15) is 13.2 Å². The second kappa shape index (κ2) is 6.90. The van der Waals surface area contributed by atoms with Gasteiger partial charge in [0.1, 0.15) is 11.8 Å². The lowest BCUT2D eigenvalue weighted by molar-refractivity contribution is -0.389. The van der Waals surface area contributed by atoms with E-state index in [1.54, 1.807) is 4.57 Å². The minimum absolute atomic E-state index is 0.229. The Hall–Kier alpha value is -2.82. The summed E-state index contributed by atoms with van der Waals surface area (Å²) in [7, 11) is 0. The number of benzene rings is 1. The molecule has 1 atom stereocenters. The van der Waals surface area contributed by atoms with E-state index < -0.39 is 22.3 Å². The van der Waals surface area contributed by atoms with Crippen LogP contribution in [0.5, 0.6) is 6.01 Å². The van der Waals surface area contributed by atoms with Gasteiger partial charge in [-0.3, -0.25) is 9.47 Å². The van der Waals surface area contributed by atoms with Gasteiger partial charge in [-0.15, -0.1) is 0 Å². The number of ether oxygens (including phenoxy) is 1. The SMILES string of the molecule is CC1(CN2CCN(c3ccc(C(F)(F)F)cc3)CC2)Cn2cc([N+](=O)[O-])nc2O1. The number of alkyl halides is 3. The topological polar surface area (TPSA) is 76.7 Å². The summed E-state index contributed by atoms with van der Waals surface area (Å²) in [4.78, 5) is 18.4. The van der Waals surface area contributed by atoms with Crippen LogP contribution >= 0.6 is 0 Å². The molecule has 1 aromatic heterocycles. The van der Waals surface area contributed by atoms with Crippen molar-refractivity contribution in [1.82, 2.24) is 14.5 Å². The Morgan fingerprint density at radius 3 is 2.41 bits per heavy atom. The lowest BCUT2D eigenvalue weighted by Crippen LogP contribution is -2.52. The Labute approximate surface area is 164 Å². The van der Waals surface area contributed by atoms with Crippen molar-refractivity contribution in [1.29, 1.82) is 0 Å². The summed E-state index contributed by atoms with van der Waals surface area (Å²) in [6.45, 7) is 5.91. The third kappa shape index (κ3) is 4.00. The molecule has 29 heavy (non-hydrogen) atoms. The lowest BCUT2D eigenvalue weighted by atomic mass is 10.1. The maximum atomic E-state index is 12.7. The van der Waals surface area contributed by atoms with Crippen molar-refractivity contribution >= 4 is 11.5 Å². The molecule has 8 nitrogen and oxygen atoms in total. The van der Waals surface area contributed by atoms with Crippen molar-refractivity contribution in [2.75, 3.05) is 37.6 Å². The Kier molecular flexibility index (Phi) is 4.64. The molecule has 0 radical (unpaired) electrons. The van der Waals surface area contributed by atoms with Gasteiger partial charge >= 0.3 is 18.0 Å². The van der Waals surface area contributed by atoms with Crippen LogP contribution in [0.1, 0.15) is 12.5 Å². The van der Waals surface area contributed by atoms with Gasteiger partial charge in [-0.05, 0) is 36.1 Å². The van der Waals surface area contributed by atoms with Crippen LogP contribution in [0, 0.1) is 10.1 Å². The standard InChI is InChI=1S/C18H20F3N5O3/c1-17(12-25-10-15(26(27)28)22-16(25)29-17)11-23-6-8-24(9-7-23)14-4-2-13(3-5-14)18(19,20)21/h2-5,10H,6-9,11-12H2,1H3. The molecule has 2 aromatic rings. The van der Waals surface area contributed by atoms with Crippen LogP contribution < -0.4 is 9.64 Å². The molecule has 2 aliphatic rings. The Balaban J connectivity index is 1.32. The van der Waals surface area contributed by atoms with E-state index in [4.69, 9.17) is 4.74 Å². The number of piperazine rings is 1. The molecule has 1 saturated heterocycles. The van der Waals surface area contributed by atoms with E-state index in [1.165, 1.54) is 18.3 Å². The summed E-state index contributed by atoms with van der Waals surface area (Å²) in [6, 6.07) is 5.48. The molecule has 3 heterocycles. The summed E-state index contributed by atoms with van der Waals surface area (Å²) >= 11 is 0. The molecule has 156 valence electrons. The van der Waals surface area contributed by atoms with Crippen molar-refractivity contribution in [2.24, 2.45) is 0 Å². The van der Waals surface area contributed by atoms with Gasteiger partial charge in [-0.25, -0.2) is 0 Å². The van der Waals surface area contributed by atoms with Crippen molar-refractivity contribution in [3.8, 4) is 6.01 Å². The van der Waals surface area contributed by atoms with E-state index in [-0.39, 0.29) is 11.8 Å². The van der Waals surface area contributed by atoms with Gasteiger partial charge in [0, 0.05) is 43.4 Å². The van der Waals surface area contributed by atoms with Gasteiger partial charge in [-0.1, -0.05) is 0 Å². The fourth-order valence-electron chi connectivity index (χ4n) is 3.86. The minimum atomic E-state index is -4.33. The number of fused-ring (bicyclic) bond motifs is 1. The number of halogens is 3. The zero-order valence-corrected chi connectivity index (χ0v) is 15.7. The van der Waals surface area contributed by atoms with E-state index in [9.17, 15) is 23.3 Å². The van der Waals surface area contributed by atoms with Crippen molar-refractivity contribution in [3.63, 3.8) is 0 Å². The van der Waals surface area contributed by atoms with E-state index >= 15 is 0 Å². The van der Waals surface area contributed by atoms with Crippen molar-refractivity contribution < 1.29 is 22.8 Å².